The summed E-state index contributed by atoms with van der Waals surface area (Å²) in [6.07, 6.45) is 3.61. The molecule has 3 N–H and O–H groups in total. The molecule has 1 aromatic heterocycles. The number of benzene rings is 1. The van der Waals surface area contributed by atoms with Crippen molar-refractivity contribution < 1.29 is 23.8 Å². The van der Waals surface area contributed by atoms with Crippen molar-refractivity contribution in [3.63, 3.8) is 0 Å². The molecule has 6 heteroatoms. The molecule has 0 saturated carbocycles. The molecule has 0 amide bonds. The van der Waals surface area contributed by atoms with Crippen molar-refractivity contribution in [3.8, 4) is 0 Å². The van der Waals surface area contributed by atoms with Gasteiger partial charge in [-0.25, -0.2) is 9.59 Å². The van der Waals surface area contributed by atoms with Crippen LogP contribution in [0.2, 0.25) is 0 Å². The second-order valence-electron chi connectivity index (χ2n) is 4.85. The number of methoxy groups -OCH3 is 1. The summed E-state index contributed by atoms with van der Waals surface area (Å²) >= 11 is 0. The topological polar surface area (TPSA) is 103 Å². The lowest BCUT2D eigenvalue weighted by Gasteiger charge is -2.03. The molecule has 0 aliphatic rings. The normalized spacial score (nSPS) is 10.4. The number of esters is 1. The molecule has 0 saturated heterocycles. The van der Waals surface area contributed by atoms with Crippen molar-refractivity contribution in [1.29, 1.82) is 0 Å². The van der Waals surface area contributed by atoms with E-state index in [0.717, 1.165) is 18.4 Å². The standard InChI is InChI=1S/C16H17NO5/c1-21-16(20)13-12(9-22-14(13)17)4-2-3-10-5-7-11(8-6-10)15(18)19/h5-9H,2-4,17H2,1H3,(H,18,19). The van der Waals surface area contributed by atoms with E-state index in [0.29, 0.717) is 12.0 Å². The van der Waals surface area contributed by atoms with Crippen LogP contribution in [0, 0.1) is 0 Å². The lowest BCUT2D eigenvalue weighted by atomic mass is 10.0. The molecule has 1 aromatic carbocycles. The van der Waals surface area contributed by atoms with E-state index in [1.54, 1.807) is 24.3 Å². The van der Waals surface area contributed by atoms with Crippen molar-refractivity contribution in [2.45, 2.75) is 19.3 Å². The Kier molecular flexibility index (Phi) is 4.83. The van der Waals surface area contributed by atoms with Crippen molar-refractivity contribution >= 4 is 17.8 Å². The Labute approximate surface area is 127 Å². The fourth-order valence-electron chi connectivity index (χ4n) is 2.23. The highest BCUT2D eigenvalue weighted by atomic mass is 16.5. The van der Waals surface area contributed by atoms with E-state index in [9.17, 15) is 9.59 Å². The van der Waals surface area contributed by atoms with Crippen molar-refractivity contribution in [1.82, 2.24) is 0 Å². The first kappa shape index (κ1) is 15.6. The number of nitrogens with two attached hydrogens (primary N) is 1. The van der Waals surface area contributed by atoms with Gasteiger partial charge in [-0.2, -0.15) is 0 Å². The Morgan fingerprint density at radius 3 is 2.50 bits per heavy atom. The quantitative estimate of drug-likeness (QED) is 0.795. The number of rotatable bonds is 6. The van der Waals surface area contributed by atoms with Gasteiger partial charge in [-0.05, 0) is 37.0 Å². The molecule has 2 rings (SSSR count). The summed E-state index contributed by atoms with van der Waals surface area (Å²) in [5.74, 6) is -1.39. The Bertz CT molecular complexity index is 672. The first-order valence-electron chi connectivity index (χ1n) is 6.79. The third-order valence-electron chi connectivity index (χ3n) is 3.40. The lowest BCUT2D eigenvalue weighted by molar-refractivity contribution is 0.0599. The van der Waals surface area contributed by atoms with Crippen molar-refractivity contribution in [3.05, 3.63) is 52.8 Å². The van der Waals surface area contributed by atoms with Crippen LogP contribution in [0.15, 0.2) is 34.9 Å². The first-order valence-corrected chi connectivity index (χ1v) is 6.79. The molecule has 0 fully saturated rings. The van der Waals surface area contributed by atoms with Gasteiger partial charge in [0.2, 0.25) is 5.88 Å². The Morgan fingerprint density at radius 2 is 1.91 bits per heavy atom. The molecule has 0 aliphatic carbocycles. The van der Waals surface area contributed by atoms with E-state index in [2.05, 4.69) is 4.74 Å². The van der Waals surface area contributed by atoms with Crippen LogP contribution in [0.5, 0.6) is 0 Å². The largest absolute Gasteiger partial charge is 0.478 e. The summed E-state index contributed by atoms with van der Waals surface area (Å²) in [6.45, 7) is 0. The molecule has 6 nitrogen and oxygen atoms in total. The number of aromatic carboxylic acids is 1. The Balaban J connectivity index is 1.97. The molecular weight excluding hydrogens is 286 g/mol. The number of carboxylic acid groups (broad SMARTS) is 1. The summed E-state index contributed by atoms with van der Waals surface area (Å²) in [6, 6.07) is 6.73. The van der Waals surface area contributed by atoms with Gasteiger partial charge in [-0.1, -0.05) is 12.1 Å². The van der Waals surface area contributed by atoms with Gasteiger partial charge in [0.1, 0.15) is 5.56 Å². The number of nitrogen functional groups attached to an aromatic ring is 1. The van der Waals surface area contributed by atoms with Crippen LogP contribution < -0.4 is 5.73 Å². The maximum absolute atomic E-state index is 11.6. The van der Waals surface area contributed by atoms with E-state index in [4.69, 9.17) is 15.3 Å². The molecular formula is C16H17NO5. The van der Waals surface area contributed by atoms with Crippen LogP contribution in [-0.4, -0.2) is 24.2 Å². The maximum atomic E-state index is 11.6. The Hall–Kier alpha value is -2.76. The summed E-state index contributed by atoms with van der Waals surface area (Å²) in [5, 5.41) is 8.84. The van der Waals surface area contributed by atoms with Crippen LogP contribution >= 0.6 is 0 Å². The smallest absolute Gasteiger partial charge is 0.343 e. The van der Waals surface area contributed by atoms with Crippen LogP contribution in [0.1, 0.15) is 38.3 Å². The predicted octanol–water partition coefficient (Wildman–Crippen LogP) is 2.52. The predicted molar refractivity (Wildman–Crippen MR) is 79.9 cm³/mol. The van der Waals surface area contributed by atoms with Crippen molar-refractivity contribution in [2.75, 3.05) is 12.8 Å². The van der Waals surface area contributed by atoms with Gasteiger partial charge in [-0.15, -0.1) is 0 Å². The van der Waals surface area contributed by atoms with Gasteiger partial charge in [0.15, 0.2) is 0 Å². The zero-order chi connectivity index (χ0) is 16.1. The van der Waals surface area contributed by atoms with E-state index >= 15 is 0 Å². The van der Waals surface area contributed by atoms with Gasteiger partial charge in [0, 0.05) is 5.56 Å². The third kappa shape index (κ3) is 3.46. The highest BCUT2D eigenvalue weighted by Crippen LogP contribution is 2.22. The number of furan rings is 1. The van der Waals surface area contributed by atoms with Gasteiger partial charge in [0.25, 0.3) is 0 Å². The molecule has 1 heterocycles. The van der Waals surface area contributed by atoms with Crippen LogP contribution in [0.25, 0.3) is 0 Å². The molecule has 0 atom stereocenters. The highest BCUT2D eigenvalue weighted by molar-refractivity contribution is 5.95. The van der Waals surface area contributed by atoms with E-state index in [1.165, 1.54) is 13.4 Å². The van der Waals surface area contributed by atoms with Crippen molar-refractivity contribution in [2.24, 2.45) is 0 Å². The van der Waals surface area contributed by atoms with E-state index < -0.39 is 11.9 Å². The Morgan fingerprint density at radius 1 is 1.23 bits per heavy atom. The second-order valence-corrected chi connectivity index (χ2v) is 4.85. The first-order chi connectivity index (χ1) is 10.5. The molecule has 0 bridgehead atoms. The summed E-state index contributed by atoms with van der Waals surface area (Å²) in [7, 11) is 1.29. The number of carboxylic acids is 1. The van der Waals surface area contributed by atoms with Gasteiger partial charge in [-0.3, -0.25) is 0 Å². The summed E-state index contributed by atoms with van der Waals surface area (Å²) in [5.41, 5.74) is 7.91. The summed E-state index contributed by atoms with van der Waals surface area (Å²) in [4.78, 5) is 22.4. The average molecular weight is 303 g/mol. The number of hydrogen-bond donors (Lipinski definition) is 2. The van der Waals surface area contributed by atoms with Gasteiger partial charge >= 0.3 is 11.9 Å². The number of carbonyl (C=O) groups excluding carboxylic acids is 1. The molecule has 0 spiro atoms. The zero-order valence-corrected chi connectivity index (χ0v) is 12.2. The molecule has 22 heavy (non-hydrogen) atoms. The van der Waals surface area contributed by atoms with Crippen LogP contribution in [0.4, 0.5) is 5.88 Å². The minimum absolute atomic E-state index is 0.0626. The minimum Gasteiger partial charge on any atom is -0.478 e. The molecule has 0 radical (unpaired) electrons. The third-order valence-corrected chi connectivity index (χ3v) is 3.40. The SMILES string of the molecule is COC(=O)c1c(CCCc2ccc(C(=O)O)cc2)coc1N. The van der Waals surface area contributed by atoms with E-state index in [1.807, 2.05) is 0 Å². The van der Waals surface area contributed by atoms with Gasteiger partial charge in [0.05, 0.1) is 18.9 Å². The zero-order valence-electron chi connectivity index (χ0n) is 12.2. The number of aryl methyl sites for hydroxylation is 2. The fourth-order valence-corrected chi connectivity index (χ4v) is 2.23. The number of anilines is 1. The van der Waals surface area contributed by atoms with Crippen LogP contribution in [-0.2, 0) is 17.6 Å². The average Bonchev–Trinajstić information content (AvgIpc) is 2.88. The highest BCUT2D eigenvalue weighted by Gasteiger charge is 2.19. The second kappa shape index (κ2) is 6.80. The number of hydrogen-bond acceptors (Lipinski definition) is 5. The maximum Gasteiger partial charge on any atom is 0.343 e. The van der Waals surface area contributed by atoms with Crippen LogP contribution in [0.3, 0.4) is 0 Å². The minimum atomic E-state index is -0.942. The summed E-state index contributed by atoms with van der Waals surface area (Å²) < 4.78 is 9.76. The molecule has 0 unspecified atom stereocenters. The molecule has 116 valence electrons. The van der Waals surface area contributed by atoms with Gasteiger partial charge < -0.3 is 20.0 Å². The number of ether oxygens (including phenoxy) is 1. The monoisotopic (exact) mass is 303 g/mol. The van der Waals surface area contributed by atoms with E-state index in [-0.39, 0.29) is 17.0 Å². The lowest BCUT2D eigenvalue weighted by Crippen LogP contribution is -2.06. The fraction of sp³-hybridized carbons (Fsp3) is 0.250. The molecule has 2 aromatic rings. The molecule has 0 aliphatic heterocycles. The number of carbonyl (C=O) groups is 2.